The molecule has 0 fully saturated rings. The molecule has 3 rings (SSSR count). The molecule has 0 radical (unpaired) electrons. The number of nitrogens with one attached hydrogen (secondary N) is 1. The van der Waals surface area contributed by atoms with E-state index < -0.39 is 46.5 Å². The van der Waals surface area contributed by atoms with Crippen LogP contribution in [0.5, 0.6) is 0 Å². The van der Waals surface area contributed by atoms with Crippen LogP contribution in [-0.2, 0) is 15.7 Å². The molecule has 1 N–H and O–H groups in total. The van der Waals surface area contributed by atoms with Gasteiger partial charge in [0, 0.05) is 23.8 Å². The molecular formula is C17H10F3N5O5S. The summed E-state index contributed by atoms with van der Waals surface area (Å²) in [7, 11) is 0. The molecule has 0 saturated carbocycles. The van der Waals surface area contributed by atoms with Crippen LogP contribution in [0.1, 0.15) is 16.1 Å². The summed E-state index contributed by atoms with van der Waals surface area (Å²) in [5.74, 6) is -1.65. The van der Waals surface area contributed by atoms with E-state index in [1.54, 1.807) is 6.07 Å². The van der Waals surface area contributed by atoms with E-state index in [4.69, 9.17) is 4.74 Å². The second kappa shape index (κ2) is 8.83. The highest BCUT2D eigenvalue weighted by Gasteiger charge is 2.33. The van der Waals surface area contributed by atoms with Gasteiger partial charge in [-0.05, 0) is 18.2 Å². The average Bonchev–Trinajstić information content (AvgIpc) is 3.22. The van der Waals surface area contributed by atoms with Crippen LogP contribution in [0, 0.1) is 10.1 Å². The van der Waals surface area contributed by atoms with E-state index in [0.29, 0.717) is 23.0 Å². The maximum atomic E-state index is 12.7. The number of esters is 1. The minimum Gasteiger partial charge on any atom is -0.451 e. The maximum Gasteiger partial charge on any atom is 0.416 e. The van der Waals surface area contributed by atoms with Crippen LogP contribution in [0.3, 0.4) is 0 Å². The smallest absolute Gasteiger partial charge is 0.416 e. The van der Waals surface area contributed by atoms with Gasteiger partial charge in [0.25, 0.3) is 11.6 Å². The number of nitro benzene ring substituents is 1. The summed E-state index contributed by atoms with van der Waals surface area (Å²) in [5.41, 5.74) is -2.79. The summed E-state index contributed by atoms with van der Waals surface area (Å²) in [6.45, 7) is -0.842. The number of carbonyl (C=O) groups excluding carboxylic acids is 2. The molecule has 2 heterocycles. The molecule has 0 bridgehead atoms. The number of carbonyl (C=O) groups is 2. The Morgan fingerprint density at radius 1 is 1.23 bits per heavy atom. The number of amides is 1. The van der Waals surface area contributed by atoms with Gasteiger partial charge in [0.1, 0.15) is 5.69 Å². The number of anilines is 1. The van der Waals surface area contributed by atoms with Gasteiger partial charge in [0.05, 0.1) is 10.5 Å². The van der Waals surface area contributed by atoms with Crippen molar-refractivity contribution in [2.45, 2.75) is 6.18 Å². The summed E-state index contributed by atoms with van der Waals surface area (Å²) < 4.78 is 43.0. The predicted octanol–water partition coefficient (Wildman–Crippen LogP) is 3.32. The average molecular weight is 453 g/mol. The summed E-state index contributed by atoms with van der Waals surface area (Å²) >= 11 is 1.07. The van der Waals surface area contributed by atoms with Crippen molar-refractivity contribution in [2.75, 3.05) is 11.9 Å². The van der Waals surface area contributed by atoms with Crippen molar-refractivity contribution in [3.8, 4) is 10.8 Å². The quantitative estimate of drug-likeness (QED) is 0.341. The Labute approximate surface area is 174 Å². The van der Waals surface area contributed by atoms with Crippen molar-refractivity contribution >= 4 is 34.6 Å². The molecule has 0 atom stereocenters. The Bertz CT molecular complexity index is 1140. The highest BCUT2D eigenvalue weighted by molar-refractivity contribution is 7.13. The Hall–Kier alpha value is -3.94. The zero-order valence-electron chi connectivity index (χ0n) is 15.1. The van der Waals surface area contributed by atoms with Gasteiger partial charge in [0.15, 0.2) is 23.1 Å². The number of halogens is 3. The van der Waals surface area contributed by atoms with Gasteiger partial charge in [-0.2, -0.15) is 13.2 Å². The van der Waals surface area contributed by atoms with Gasteiger partial charge in [-0.3, -0.25) is 14.9 Å². The molecule has 0 aliphatic rings. The first kappa shape index (κ1) is 21.8. The van der Waals surface area contributed by atoms with Gasteiger partial charge < -0.3 is 10.1 Å². The van der Waals surface area contributed by atoms with Gasteiger partial charge in [0.2, 0.25) is 0 Å². The number of thiazole rings is 1. The van der Waals surface area contributed by atoms with E-state index in [2.05, 4.69) is 15.0 Å². The van der Waals surface area contributed by atoms with Crippen LogP contribution in [0.15, 0.2) is 42.0 Å². The van der Waals surface area contributed by atoms with E-state index in [1.165, 1.54) is 17.8 Å². The van der Waals surface area contributed by atoms with Crippen LogP contribution < -0.4 is 5.32 Å². The van der Waals surface area contributed by atoms with E-state index in [1.807, 2.05) is 5.32 Å². The Balaban J connectivity index is 1.63. The predicted molar refractivity (Wildman–Crippen MR) is 100 cm³/mol. The van der Waals surface area contributed by atoms with Gasteiger partial charge in [-0.1, -0.05) is 0 Å². The fourth-order valence-electron chi connectivity index (χ4n) is 2.24. The van der Waals surface area contributed by atoms with E-state index in [0.717, 1.165) is 17.4 Å². The molecule has 2 aromatic heterocycles. The summed E-state index contributed by atoms with van der Waals surface area (Å²) in [6.07, 6.45) is -1.81. The van der Waals surface area contributed by atoms with Crippen molar-refractivity contribution in [1.82, 2.24) is 15.0 Å². The topological polar surface area (TPSA) is 137 Å². The fraction of sp³-hybridized carbons (Fsp3) is 0.118. The largest absolute Gasteiger partial charge is 0.451 e. The lowest BCUT2D eigenvalue weighted by atomic mass is 10.1. The molecule has 0 saturated heterocycles. The number of hydrogen-bond acceptors (Lipinski definition) is 9. The van der Waals surface area contributed by atoms with Crippen molar-refractivity contribution < 1.29 is 32.4 Å². The summed E-state index contributed by atoms with van der Waals surface area (Å²) in [5, 5.41) is 14.8. The molecule has 3 aromatic rings. The number of nitro groups is 1. The van der Waals surface area contributed by atoms with Crippen molar-refractivity contribution in [2.24, 2.45) is 0 Å². The lowest BCUT2D eigenvalue weighted by Crippen LogP contribution is -2.21. The SMILES string of the molecule is O=C(COC(=O)c1csc(-c2ncccn2)n1)Nc1ccc(C(F)(F)F)cc1[N+](=O)[O-]. The Kier molecular flexibility index (Phi) is 6.20. The third kappa shape index (κ3) is 5.36. The van der Waals surface area contributed by atoms with Crippen molar-refractivity contribution in [1.29, 1.82) is 0 Å². The van der Waals surface area contributed by atoms with E-state index in [-0.39, 0.29) is 5.69 Å². The normalized spacial score (nSPS) is 11.1. The summed E-state index contributed by atoms with van der Waals surface area (Å²) in [4.78, 5) is 45.9. The molecule has 0 aliphatic heterocycles. The molecule has 0 aliphatic carbocycles. The first-order chi connectivity index (χ1) is 14.6. The third-order valence-electron chi connectivity index (χ3n) is 3.60. The van der Waals surface area contributed by atoms with Crippen molar-refractivity contribution in [3.63, 3.8) is 0 Å². The number of benzene rings is 1. The zero-order valence-corrected chi connectivity index (χ0v) is 15.9. The molecule has 14 heteroatoms. The summed E-state index contributed by atoms with van der Waals surface area (Å²) in [6, 6.07) is 3.22. The molecule has 1 aromatic carbocycles. The second-order valence-corrected chi connectivity index (χ2v) is 6.58. The first-order valence-electron chi connectivity index (χ1n) is 8.20. The number of nitrogens with zero attached hydrogens (tertiary/aromatic N) is 4. The zero-order chi connectivity index (χ0) is 22.6. The van der Waals surface area contributed by atoms with Crippen molar-refractivity contribution in [3.05, 3.63) is 63.4 Å². The van der Waals surface area contributed by atoms with Crippen LogP contribution in [0.25, 0.3) is 10.8 Å². The number of hydrogen-bond donors (Lipinski definition) is 1. The van der Waals surface area contributed by atoms with Crippen LogP contribution in [-0.4, -0.2) is 38.4 Å². The van der Waals surface area contributed by atoms with Gasteiger partial charge in [-0.25, -0.2) is 19.7 Å². The van der Waals surface area contributed by atoms with E-state index in [9.17, 15) is 32.9 Å². The molecule has 31 heavy (non-hydrogen) atoms. The fourth-order valence-corrected chi connectivity index (χ4v) is 2.97. The Morgan fingerprint density at radius 3 is 2.58 bits per heavy atom. The van der Waals surface area contributed by atoms with Crippen LogP contribution >= 0.6 is 11.3 Å². The molecule has 1 amide bonds. The first-order valence-corrected chi connectivity index (χ1v) is 9.08. The monoisotopic (exact) mass is 453 g/mol. The molecular weight excluding hydrogens is 443 g/mol. The van der Waals surface area contributed by atoms with Gasteiger partial charge in [-0.15, -0.1) is 11.3 Å². The molecule has 0 unspecified atom stereocenters. The number of ether oxygens (including phenoxy) is 1. The third-order valence-corrected chi connectivity index (χ3v) is 4.44. The number of alkyl halides is 3. The minimum absolute atomic E-state index is 0.110. The number of aromatic nitrogens is 3. The molecule has 0 spiro atoms. The minimum atomic E-state index is -4.79. The van der Waals surface area contributed by atoms with Gasteiger partial charge >= 0.3 is 12.1 Å². The second-order valence-electron chi connectivity index (χ2n) is 5.72. The standard InChI is InChI=1S/C17H10F3N5O5S/c18-17(19,20)9-2-3-10(12(6-9)25(28)29)23-13(26)7-30-16(27)11-8-31-15(24-11)14-21-4-1-5-22-14/h1-6,8H,7H2,(H,23,26). The van der Waals surface area contributed by atoms with Crippen LogP contribution in [0.4, 0.5) is 24.5 Å². The van der Waals surface area contributed by atoms with E-state index >= 15 is 0 Å². The highest BCUT2D eigenvalue weighted by Crippen LogP contribution is 2.34. The molecule has 160 valence electrons. The maximum absolute atomic E-state index is 12.7. The molecule has 10 nitrogen and oxygen atoms in total. The lowest BCUT2D eigenvalue weighted by molar-refractivity contribution is -0.384. The highest BCUT2D eigenvalue weighted by atomic mass is 32.1. The number of rotatable bonds is 6. The lowest BCUT2D eigenvalue weighted by Gasteiger charge is -2.10. The van der Waals surface area contributed by atoms with Crippen LogP contribution in [0.2, 0.25) is 0 Å². The Morgan fingerprint density at radius 2 is 1.94 bits per heavy atom.